The van der Waals surface area contributed by atoms with Crippen molar-refractivity contribution >= 4 is 5.97 Å². The molecule has 1 aromatic heterocycles. The van der Waals surface area contributed by atoms with E-state index in [0.717, 1.165) is 0 Å². The molecule has 0 aromatic carbocycles. The Bertz CT molecular complexity index is 271. The van der Waals surface area contributed by atoms with Crippen LogP contribution in [0.3, 0.4) is 0 Å². The number of hydrogen-bond donors (Lipinski definition) is 2. The van der Waals surface area contributed by atoms with Crippen molar-refractivity contribution < 1.29 is 14.3 Å². The van der Waals surface area contributed by atoms with Gasteiger partial charge in [-0.1, -0.05) is 0 Å². The Kier molecular flexibility index (Phi) is 2.76. The highest BCUT2D eigenvalue weighted by Crippen LogP contribution is 1.99. The second kappa shape index (κ2) is 3.82. The van der Waals surface area contributed by atoms with Gasteiger partial charge in [0.1, 0.15) is 0 Å². The molecule has 0 unspecified atom stereocenters. The molecule has 2 N–H and O–H groups in total. The Labute approximate surface area is 68.6 Å². The highest BCUT2D eigenvalue weighted by Gasteiger charge is 2.11. The Morgan fingerprint density at radius 3 is 2.92 bits per heavy atom. The highest BCUT2D eigenvalue weighted by molar-refractivity contribution is 5.81. The number of aromatic carboxylic acids is 1. The predicted octanol–water partition coefficient (Wildman–Crippen LogP) is -0.470. The Morgan fingerprint density at radius 1 is 1.67 bits per heavy atom. The lowest BCUT2D eigenvalue weighted by molar-refractivity contribution is 0.0651. The van der Waals surface area contributed by atoms with Gasteiger partial charge in [-0.05, 0) is 7.05 Å². The fourth-order valence-corrected chi connectivity index (χ4v) is 0.673. The minimum Gasteiger partial charge on any atom is -0.474 e. The molecule has 0 spiro atoms. The number of aromatic nitrogens is 2. The van der Waals surface area contributed by atoms with Crippen molar-refractivity contribution in [3.63, 3.8) is 0 Å². The lowest BCUT2D eigenvalue weighted by Crippen LogP contribution is -2.10. The van der Waals surface area contributed by atoms with Crippen molar-refractivity contribution in [1.82, 2.24) is 15.5 Å². The number of rotatable bonds is 4. The zero-order valence-corrected chi connectivity index (χ0v) is 6.57. The number of nitrogens with one attached hydrogen (secondary N) is 1. The maximum Gasteiger partial charge on any atom is 0.393 e. The average Bonchev–Trinajstić information content (AvgIpc) is 2.48. The molecule has 6 heteroatoms. The quantitative estimate of drug-likeness (QED) is 0.636. The first-order valence-corrected chi connectivity index (χ1v) is 3.44. The average molecular weight is 171 g/mol. The van der Waals surface area contributed by atoms with E-state index >= 15 is 0 Å². The standard InChI is InChI=1S/C6H9N3O3/c1-7-3-2-4-8-9-5(12-4)6(10)11/h7H,2-3H2,1H3,(H,10,11). The molecular formula is C6H9N3O3. The minimum atomic E-state index is -1.20. The zero-order chi connectivity index (χ0) is 8.97. The van der Waals surface area contributed by atoms with Gasteiger partial charge in [0.2, 0.25) is 5.89 Å². The Morgan fingerprint density at radius 2 is 2.42 bits per heavy atom. The van der Waals surface area contributed by atoms with E-state index in [9.17, 15) is 4.79 Å². The Balaban J connectivity index is 2.58. The third kappa shape index (κ3) is 2.03. The maximum atomic E-state index is 10.3. The third-order valence-electron chi connectivity index (χ3n) is 1.24. The normalized spacial score (nSPS) is 10.1. The molecule has 0 saturated carbocycles. The predicted molar refractivity (Wildman–Crippen MR) is 38.9 cm³/mol. The van der Waals surface area contributed by atoms with E-state index in [0.29, 0.717) is 18.9 Å². The molecule has 1 heterocycles. The molecule has 0 aliphatic carbocycles. The van der Waals surface area contributed by atoms with Crippen LogP contribution in [0, 0.1) is 0 Å². The van der Waals surface area contributed by atoms with Crippen molar-refractivity contribution in [2.24, 2.45) is 0 Å². The number of nitrogens with zero attached hydrogens (tertiary/aromatic N) is 2. The van der Waals surface area contributed by atoms with Crippen LogP contribution in [-0.2, 0) is 6.42 Å². The lowest BCUT2D eigenvalue weighted by atomic mass is 10.4. The van der Waals surface area contributed by atoms with E-state index in [1.165, 1.54) is 0 Å². The first-order chi connectivity index (χ1) is 5.74. The van der Waals surface area contributed by atoms with Gasteiger partial charge in [0.05, 0.1) is 0 Å². The third-order valence-corrected chi connectivity index (χ3v) is 1.24. The maximum absolute atomic E-state index is 10.3. The van der Waals surface area contributed by atoms with Crippen LogP contribution in [0.15, 0.2) is 4.42 Å². The minimum absolute atomic E-state index is 0.335. The summed E-state index contributed by atoms with van der Waals surface area (Å²) in [4.78, 5) is 10.3. The zero-order valence-electron chi connectivity index (χ0n) is 6.57. The fourth-order valence-electron chi connectivity index (χ4n) is 0.673. The largest absolute Gasteiger partial charge is 0.474 e. The summed E-state index contributed by atoms with van der Waals surface area (Å²) in [5, 5.41) is 18.2. The first kappa shape index (κ1) is 8.66. The van der Waals surface area contributed by atoms with Crippen molar-refractivity contribution in [2.45, 2.75) is 6.42 Å². The molecule has 0 aliphatic heterocycles. The number of carbonyl (C=O) groups is 1. The molecule has 0 radical (unpaired) electrons. The van der Waals surface area contributed by atoms with Gasteiger partial charge in [0.25, 0.3) is 0 Å². The van der Waals surface area contributed by atoms with E-state index in [1.54, 1.807) is 7.05 Å². The van der Waals surface area contributed by atoms with Gasteiger partial charge in [0.15, 0.2) is 0 Å². The summed E-state index contributed by atoms with van der Waals surface area (Å²) in [6.45, 7) is 0.682. The van der Waals surface area contributed by atoms with Crippen LogP contribution < -0.4 is 5.32 Å². The van der Waals surface area contributed by atoms with Crippen molar-refractivity contribution in [3.8, 4) is 0 Å². The van der Waals surface area contributed by atoms with Gasteiger partial charge in [-0.3, -0.25) is 0 Å². The van der Waals surface area contributed by atoms with Gasteiger partial charge < -0.3 is 14.8 Å². The number of carboxylic acids is 1. The molecule has 0 atom stereocenters. The molecule has 0 bridgehead atoms. The van der Waals surface area contributed by atoms with Gasteiger partial charge >= 0.3 is 11.9 Å². The fraction of sp³-hybridized carbons (Fsp3) is 0.500. The summed E-state index contributed by atoms with van der Waals surface area (Å²) >= 11 is 0. The van der Waals surface area contributed by atoms with E-state index in [2.05, 4.69) is 15.5 Å². The molecule has 6 nitrogen and oxygen atoms in total. The van der Waals surface area contributed by atoms with Crippen molar-refractivity contribution in [1.29, 1.82) is 0 Å². The molecule has 0 amide bonds. The van der Waals surface area contributed by atoms with Crippen LogP contribution in [-0.4, -0.2) is 34.9 Å². The van der Waals surface area contributed by atoms with Crippen LogP contribution in [0.4, 0.5) is 0 Å². The summed E-state index contributed by atoms with van der Waals surface area (Å²) < 4.78 is 4.79. The number of carboxylic acid groups (broad SMARTS) is 1. The smallest absolute Gasteiger partial charge is 0.393 e. The SMILES string of the molecule is CNCCc1nnc(C(=O)O)o1. The van der Waals surface area contributed by atoms with Gasteiger partial charge in [-0.25, -0.2) is 4.79 Å². The van der Waals surface area contributed by atoms with Gasteiger partial charge in [0, 0.05) is 13.0 Å². The second-order valence-corrected chi connectivity index (χ2v) is 2.16. The van der Waals surface area contributed by atoms with Crippen LogP contribution in [0.2, 0.25) is 0 Å². The Hall–Kier alpha value is -1.43. The molecule has 66 valence electrons. The molecule has 0 fully saturated rings. The van der Waals surface area contributed by atoms with E-state index in [4.69, 9.17) is 9.52 Å². The number of likely N-dealkylation sites (N-methyl/N-ethyl adjacent to an activating group) is 1. The molecule has 1 rings (SSSR count). The van der Waals surface area contributed by atoms with Gasteiger partial charge in [-0.15, -0.1) is 10.2 Å². The summed E-state index contributed by atoms with van der Waals surface area (Å²) in [6, 6.07) is 0. The topological polar surface area (TPSA) is 88.2 Å². The van der Waals surface area contributed by atoms with Crippen LogP contribution >= 0.6 is 0 Å². The molecule has 1 aromatic rings. The second-order valence-electron chi connectivity index (χ2n) is 2.16. The number of hydrogen-bond acceptors (Lipinski definition) is 5. The van der Waals surface area contributed by atoms with Gasteiger partial charge in [-0.2, -0.15) is 0 Å². The summed E-state index contributed by atoms with van der Waals surface area (Å²) in [5.41, 5.74) is 0. The highest BCUT2D eigenvalue weighted by atomic mass is 16.4. The van der Waals surface area contributed by atoms with Crippen molar-refractivity contribution in [3.05, 3.63) is 11.8 Å². The van der Waals surface area contributed by atoms with Crippen LogP contribution in [0.1, 0.15) is 16.6 Å². The van der Waals surface area contributed by atoms with E-state index < -0.39 is 5.97 Å². The van der Waals surface area contributed by atoms with E-state index in [1.807, 2.05) is 0 Å². The van der Waals surface area contributed by atoms with E-state index in [-0.39, 0.29) is 5.89 Å². The summed E-state index contributed by atoms with van der Waals surface area (Å²) in [5.74, 6) is -1.22. The summed E-state index contributed by atoms with van der Waals surface area (Å²) in [7, 11) is 1.79. The molecular weight excluding hydrogens is 162 g/mol. The monoisotopic (exact) mass is 171 g/mol. The van der Waals surface area contributed by atoms with Crippen LogP contribution in [0.5, 0.6) is 0 Å². The summed E-state index contributed by atoms with van der Waals surface area (Å²) in [6.07, 6.45) is 0.538. The first-order valence-electron chi connectivity index (χ1n) is 3.44. The van der Waals surface area contributed by atoms with Crippen molar-refractivity contribution in [2.75, 3.05) is 13.6 Å². The molecule has 12 heavy (non-hydrogen) atoms. The van der Waals surface area contributed by atoms with Crippen LogP contribution in [0.25, 0.3) is 0 Å². The molecule has 0 aliphatic rings. The molecule has 0 saturated heterocycles. The lowest BCUT2D eigenvalue weighted by Gasteiger charge is -1.90.